The van der Waals surface area contributed by atoms with E-state index >= 15 is 0 Å². The maximum absolute atomic E-state index is 11.2. The summed E-state index contributed by atoms with van der Waals surface area (Å²) in [7, 11) is 0. The van der Waals surface area contributed by atoms with Crippen LogP contribution in [0.1, 0.15) is 23.3 Å². The van der Waals surface area contributed by atoms with Crippen LogP contribution in [-0.4, -0.2) is 40.3 Å². The molecule has 1 aromatic carbocycles. The van der Waals surface area contributed by atoms with Crippen molar-refractivity contribution in [1.29, 1.82) is 5.26 Å². The lowest BCUT2D eigenvalue weighted by molar-refractivity contribution is 0.123. The molecule has 1 saturated heterocycles. The number of hydrogen-bond acceptors (Lipinski definition) is 5. The molecule has 0 bridgehead atoms. The van der Waals surface area contributed by atoms with Crippen molar-refractivity contribution in [3.05, 3.63) is 34.8 Å². The molecule has 0 spiro atoms. The zero-order valence-corrected chi connectivity index (χ0v) is 14.0. The summed E-state index contributed by atoms with van der Waals surface area (Å²) in [5.74, 6) is 0.564. The first-order valence-electron chi connectivity index (χ1n) is 7.67. The van der Waals surface area contributed by atoms with Crippen LogP contribution in [0, 0.1) is 18.3 Å². The van der Waals surface area contributed by atoms with Crippen molar-refractivity contribution in [2.45, 2.75) is 25.8 Å². The smallest absolute Gasteiger partial charge is 0.407 e. The summed E-state index contributed by atoms with van der Waals surface area (Å²) in [5, 5.41) is 19.2. The van der Waals surface area contributed by atoms with Crippen molar-refractivity contribution in [1.82, 2.24) is 9.88 Å². The van der Waals surface area contributed by atoms with Crippen LogP contribution < -0.4 is 4.74 Å². The molecule has 2 aromatic rings. The van der Waals surface area contributed by atoms with Crippen LogP contribution >= 0.6 is 11.3 Å². The molecule has 2 heterocycles. The van der Waals surface area contributed by atoms with Crippen molar-refractivity contribution in [2.75, 3.05) is 13.2 Å². The van der Waals surface area contributed by atoms with E-state index in [0.717, 1.165) is 28.3 Å². The van der Waals surface area contributed by atoms with E-state index in [-0.39, 0.29) is 12.6 Å². The number of carbonyl (C=O) groups is 1. The van der Waals surface area contributed by atoms with Crippen LogP contribution in [0.4, 0.5) is 4.79 Å². The number of carboxylic acid groups (broad SMARTS) is 1. The zero-order chi connectivity index (χ0) is 17.1. The topological polar surface area (TPSA) is 86.5 Å². The Bertz CT molecular complexity index is 797. The van der Waals surface area contributed by atoms with Crippen molar-refractivity contribution in [2.24, 2.45) is 0 Å². The molecule has 0 radical (unpaired) electrons. The highest BCUT2D eigenvalue weighted by Gasteiger charge is 2.28. The average molecular weight is 343 g/mol. The summed E-state index contributed by atoms with van der Waals surface area (Å²) in [6.07, 6.45) is 2.53. The highest BCUT2D eigenvalue weighted by Crippen LogP contribution is 2.29. The lowest BCUT2D eigenvalue weighted by atomic mass is 10.1. The number of amides is 1. The minimum atomic E-state index is -0.911. The van der Waals surface area contributed by atoms with Gasteiger partial charge in [0, 0.05) is 23.2 Å². The third-order valence-electron chi connectivity index (χ3n) is 3.97. The molecule has 124 valence electrons. The number of likely N-dealkylation sites (tertiary alicyclic amines) is 1. The second kappa shape index (κ2) is 6.89. The maximum Gasteiger partial charge on any atom is 0.407 e. The number of nitriles is 1. The van der Waals surface area contributed by atoms with Crippen LogP contribution in [0.15, 0.2) is 24.4 Å². The molecule has 1 fully saturated rings. The summed E-state index contributed by atoms with van der Waals surface area (Å²) in [5.41, 5.74) is 1.33. The Morgan fingerprint density at radius 1 is 1.54 bits per heavy atom. The predicted molar refractivity (Wildman–Crippen MR) is 90.2 cm³/mol. The summed E-state index contributed by atoms with van der Waals surface area (Å²) < 4.78 is 5.80. The molecule has 7 heteroatoms. The molecule has 1 aliphatic heterocycles. The second-order valence-corrected chi connectivity index (χ2v) is 6.95. The van der Waals surface area contributed by atoms with E-state index in [4.69, 9.17) is 4.74 Å². The van der Waals surface area contributed by atoms with Crippen molar-refractivity contribution in [3.63, 3.8) is 0 Å². The Balaban J connectivity index is 1.78. The summed E-state index contributed by atoms with van der Waals surface area (Å²) in [6.45, 7) is 2.82. The van der Waals surface area contributed by atoms with Gasteiger partial charge >= 0.3 is 6.09 Å². The molecule has 1 atom stereocenters. The lowest BCUT2D eigenvalue weighted by Crippen LogP contribution is -2.38. The van der Waals surface area contributed by atoms with Gasteiger partial charge in [-0.05, 0) is 38.0 Å². The maximum atomic E-state index is 11.2. The van der Waals surface area contributed by atoms with Gasteiger partial charge in [-0.1, -0.05) is 0 Å². The molecule has 0 unspecified atom stereocenters. The van der Waals surface area contributed by atoms with Crippen molar-refractivity contribution in [3.8, 4) is 22.4 Å². The highest BCUT2D eigenvalue weighted by molar-refractivity contribution is 7.14. The third kappa shape index (κ3) is 3.49. The molecule has 0 saturated carbocycles. The summed E-state index contributed by atoms with van der Waals surface area (Å²) in [6, 6.07) is 7.29. The van der Waals surface area contributed by atoms with Gasteiger partial charge in [-0.2, -0.15) is 5.26 Å². The second-order valence-electron chi connectivity index (χ2n) is 5.72. The van der Waals surface area contributed by atoms with Crippen LogP contribution in [-0.2, 0) is 0 Å². The van der Waals surface area contributed by atoms with E-state index in [1.54, 1.807) is 29.7 Å². The van der Waals surface area contributed by atoms with Crippen molar-refractivity contribution >= 4 is 17.4 Å². The number of thiazole rings is 1. The largest absolute Gasteiger partial charge is 0.491 e. The Morgan fingerprint density at radius 2 is 2.38 bits per heavy atom. The Morgan fingerprint density at radius 3 is 3.04 bits per heavy atom. The molecule has 1 aliphatic rings. The van der Waals surface area contributed by atoms with Gasteiger partial charge in [0.15, 0.2) is 0 Å². The molecular weight excluding hydrogens is 326 g/mol. The molecule has 1 amide bonds. The van der Waals surface area contributed by atoms with Crippen LogP contribution in [0.3, 0.4) is 0 Å². The SMILES string of the molecule is Cc1cnc(-c2cc(C#N)cc(OC[C@@H]3CCCN3C(=O)O)c2)s1. The monoisotopic (exact) mass is 343 g/mol. The number of ether oxygens (including phenoxy) is 1. The standard InChI is InChI=1S/C17H17N3O3S/c1-11-9-19-16(24-11)13-5-12(8-18)6-15(7-13)23-10-14-3-2-4-20(14)17(21)22/h5-7,9,14H,2-4,10H2,1H3,(H,21,22)/t14-/m0/s1. The van der Waals surface area contributed by atoms with Gasteiger partial charge in [-0.3, -0.25) is 0 Å². The van der Waals surface area contributed by atoms with E-state index in [1.807, 2.05) is 13.0 Å². The highest BCUT2D eigenvalue weighted by atomic mass is 32.1. The Hall–Kier alpha value is -2.59. The van der Waals surface area contributed by atoms with Gasteiger partial charge in [0.2, 0.25) is 0 Å². The van der Waals surface area contributed by atoms with E-state index in [0.29, 0.717) is 17.9 Å². The lowest BCUT2D eigenvalue weighted by Gasteiger charge is -2.21. The third-order valence-corrected chi connectivity index (χ3v) is 4.93. The van der Waals surface area contributed by atoms with Crippen molar-refractivity contribution < 1.29 is 14.6 Å². The summed E-state index contributed by atoms with van der Waals surface area (Å²) >= 11 is 1.55. The van der Waals surface area contributed by atoms with Gasteiger partial charge < -0.3 is 14.7 Å². The predicted octanol–water partition coefficient (Wildman–Crippen LogP) is 3.51. The summed E-state index contributed by atoms with van der Waals surface area (Å²) in [4.78, 5) is 18.0. The quantitative estimate of drug-likeness (QED) is 0.918. The minimum absolute atomic E-state index is 0.140. The molecular formula is C17H17N3O3S. The van der Waals surface area contributed by atoms with Crippen LogP contribution in [0.25, 0.3) is 10.6 Å². The molecule has 3 rings (SSSR count). The van der Waals surface area contributed by atoms with E-state index < -0.39 is 6.09 Å². The number of aromatic nitrogens is 1. The van der Waals surface area contributed by atoms with Gasteiger partial charge in [0.05, 0.1) is 17.7 Å². The molecule has 24 heavy (non-hydrogen) atoms. The number of hydrogen-bond donors (Lipinski definition) is 1. The normalized spacial score (nSPS) is 16.8. The fourth-order valence-corrected chi connectivity index (χ4v) is 3.56. The van der Waals surface area contributed by atoms with E-state index in [2.05, 4.69) is 11.1 Å². The first kappa shape index (κ1) is 16.3. The first-order valence-corrected chi connectivity index (χ1v) is 8.49. The van der Waals surface area contributed by atoms with Crippen LogP contribution in [0.2, 0.25) is 0 Å². The average Bonchev–Trinajstić information content (AvgIpc) is 3.21. The van der Waals surface area contributed by atoms with Gasteiger partial charge in [-0.25, -0.2) is 9.78 Å². The fraction of sp³-hybridized carbons (Fsp3) is 0.353. The first-order chi connectivity index (χ1) is 11.6. The number of benzene rings is 1. The number of nitrogens with zero attached hydrogens (tertiary/aromatic N) is 3. The van der Waals surface area contributed by atoms with E-state index in [1.165, 1.54) is 4.90 Å². The van der Waals surface area contributed by atoms with Gasteiger partial charge in [-0.15, -0.1) is 11.3 Å². The van der Waals surface area contributed by atoms with Gasteiger partial charge in [0.25, 0.3) is 0 Å². The molecule has 1 aromatic heterocycles. The zero-order valence-electron chi connectivity index (χ0n) is 13.2. The van der Waals surface area contributed by atoms with E-state index in [9.17, 15) is 15.2 Å². The van der Waals surface area contributed by atoms with Crippen LogP contribution in [0.5, 0.6) is 5.75 Å². The molecule has 0 aliphatic carbocycles. The fourth-order valence-electron chi connectivity index (χ4n) is 2.81. The molecule has 1 N–H and O–H groups in total. The number of aryl methyl sites for hydroxylation is 1. The van der Waals surface area contributed by atoms with Gasteiger partial charge in [0.1, 0.15) is 17.4 Å². The molecule has 6 nitrogen and oxygen atoms in total. The number of rotatable bonds is 4. The minimum Gasteiger partial charge on any atom is -0.491 e. The Labute approximate surface area is 143 Å². The Kier molecular flexibility index (Phi) is 4.67.